The first-order chi connectivity index (χ1) is 9.97. The second-order valence-electron chi connectivity index (χ2n) is 7.12. The van der Waals surface area contributed by atoms with Crippen LogP contribution in [0, 0.1) is 5.92 Å². The molecule has 0 amide bonds. The van der Waals surface area contributed by atoms with Crippen molar-refractivity contribution in [3.63, 3.8) is 0 Å². The Hall–Kier alpha value is -1.09. The first kappa shape index (κ1) is 16.3. The summed E-state index contributed by atoms with van der Waals surface area (Å²) in [7, 11) is 0. The summed E-state index contributed by atoms with van der Waals surface area (Å²) in [5.74, 6) is 2.34. The summed E-state index contributed by atoms with van der Waals surface area (Å²) in [6.07, 6.45) is 2.57. The number of pyridine rings is 1. The van der Waals surface area contributed by atoms with Crippen LogP contribution < -0.4 is 10.2 Å². The first-order valence-corrected chi connectivity index (χ1v) is 8.45. The van der Waals surface area contributed by atoms with Crippen LogP contribution in [0.15, 0.2) is 12.1 Å². The van der Waals surface area contributed by atoms with Gasteiger partial charge in [0.05, 0.1) is 0 Å². The Morgan fingerprint density at radius 3 is 2.62 bits per heavy atom. The lowest BCUT2D eigenvalue weighted by atomic mass is 10.1. The Morgan fingerprint density at radius 1 is 1.29 bits per heavy atom. The van der Waals surface area contributed by atoms with Gasteiger partial charge >= 0.3 is 0 Å². The number of hydrogen-bond acceptors (Lipinski definition) is 3. The minimum atomic E-state index is 0.478. The molecule has 2 rings (SSSR count). The highest BCUT2D eigenvalue weighted by Gasteiger charge is 2.22. The summed E-state index contributed by atoms with van der Waals surface area (Å²) < 4.78 is 0. The molecular formula is C18H31N3. The molecule has 0 aliphatic carbocycles. The molecule has 0 saturated carbocycles. The normalized spacial score (nSPS) is 19.0. The fraction of sp³-hybridized carbons (Fsp3) is 0.722. The summed E-state index contributed by atoms with van der Waals surface area (Å²) in [6.45, 7) is 14.4. The van der Waals surface area contributed by atoms with Crippen LogP contribution in [-0.2, 0) is 6.54 Å². The van der Waals surface area contributed by atoms with Crippen LogP contribution in [0.2, 0.25) is 0 Å². The van der Waals surface area contributed by atoms with Crippen LogP contribution in [0.25, 0.3) is 0 Å². The second-order valence-corrected chi connectivity index (χ2v) is 7.12. The maximum Gasteiger partial charge on any atom is 0.129 e. The van der Waals surface area contributed by atoms with Crippen molar-refractivity contribution in [1.29, 1.82) is 0 Å². The van der Waals surface area contributed by atoms with Crippen molar-refractivity contribution in [2.45, 2.75) is 66.0 Å². The molecule has 0 radical (unpaired) electrons. The van der Waals surface area contributed by atoms with Crippen LogP contribution in [0.4, 0.5) is 5.82 Å². The molecule has 1 aromatic rings. The summed E-state index contributed by atoms with van der Waals surface area (Å²) in [6, 6.07) is 5.17. The van der Waals surface area contributed by atoms with E-state index in [2.05, 4.69) is 57.0 Å². The topological polar surface area (TPSA) is 28.2 Å². The zero-order valence-electron chi connectivity index (χ0n) is 14.3. The van der Waals surface area contributed by atoms with E-state index < -0.39 is 0 Å². The summed E-state index contributed by atoms with van der Waals surface area (Å²) >= 11 is 0. The maximum atomic E-state index is 4.91. The number of nitrogens with one attached hydrogen (secondary N) is 1. The van der Waals surface area contributed by atoms with Gasteiger partial charge in [0, 0.05) is 24.8 Å². The van der Waals surface area contributed by atoms with E-state index in [1.165, 1.54) is 29.9 Å². The van der Waals surface area contributed by atoms with Crippen molar-refractivity contribution < 1.29 is 0 Å². The molecule has 0 bridgehead atoms. The smallest absolute Gasteiger partial charge is 0.129 e. The van der Waals surface area contributed by atoms with Gasteiger partial charge in [-0.3, -0.25) is 0 Å². The lowest BCUT2D eigenvalue weighted by molar-refractivity contribution is 0.551. The van der Waals surface area contributed by atoms with Crippen molar-refractivity contribution in [1.82, 2.24) is 10.3 Å². The SMILES string of the molecule is CC(C)CNCc1cc(C(C)C)nc(N2CCCC2C)c1. The van der Waals surface area contributed by atoms with Crippen LogP contribution >= 0.6 is 0 Å². The molecule has 2 heterocycles. The van der Waals surface area contributed by atoms with Gasteiger partial charge in [0.25, 0.3) is 0 Å². The molecule has 1 N–H and O–H groups in total. The lowest BCUT2D eigenvalue weighted by Gasteiger charge is -2.24. The molecule has 1 atom stereocenters. The first-order valence-electron chi connectivity index (χ1n) is 8.45. The maximum absolute atomic E-state index is 4.91. The third-order valence-electron chi connectivity index (χ3n) is 4.21. The molecule has 3 heteroatoms. The molecule has 1 aliphatic heterocycles. The van der Waals surface area contributed by atoms with Crippen molar-refractivity contribution >= 4 is 5.82 Å². The lowest BCUT2D eigenvalue weighted by Crippen LogP contribution is -2.28. The quantitative estimate of drug-likeness (QED) is 0.860. The van der Waals surface area contributed by atoms with Crippen LogP contribution in [0.3, 0.4) is 0 Å². The minimum absolute atomic E-state index is 0.478. The van der Waals surface area contributed by atoms with Crippen molar-refractivity contribution in [3.8, 4) is 0 Å². The van der Waals surface area contributed by atoms with E-state index in [9.17, 15) is 0 Å². The van der Waals surface area contributed by atoms with E-state index in [0.29, 0.717) is 17.9 Å². The fourth-order valence-corrected chi connectivity index (χ4v) is 2.92. The van der Waals surface area contributed by atoms with Crippen molar-refractivity contribution in [2.75, 3.05) is 18.0 Å². The Labute approximate surface area is 130 Å². The number of aromatic nitrogens is 1. The second kappa shape index (κ2) is 7.26. The van der Waals surface area contributed by atoms with Gasteiger partial charge in [-0.2, -0.15) is 0 Å². The Balaban J connectivity index is 2.17. The zero-order chi connectivity index (χ0) is 15.4. The molecule has 3 nitrogen and oxygen atoms in total. The highest BCUT2D eigenvalue weighted by atomic mass is 15.2. The van der Waals surface area contributed by atoms with Gasteiger partial charge in [0.15, 0.2) is 0 Å². The van der Waals surface area contributed by atoms with Gasteiger partial charge in [-0.15, -0.1) is 0 Å². The molecule has 118 valence electrons. The van der Waals surface area contributed by atoms with Gasteiger partial charge in [0.1, 0.15) is 5.82 Å². The van der Waals surface area contributed by atoms with Crippen molar-refractivity contribution in [2.24, 2.45) is 5.92 Å². The average Bonchev–Trinajstić information content (AvgIpc) is 2.84. The van der Waals surface area contributed by atoms with Gasteiger partial charge in [-0.25, -0.2) is 4.98 Å². The van der Waals surface area contributed by atoms with E-state index >= 15 is 0 Å². The van der Waals surface area contributed by atoms with Crippen LogP contribution in [-0.4, -0.2) is 24.1 Å². The molecule has 1 saturated heterocycles. The zero-order valence-corrected chi connectivity index (χ0v) is 14.3. The van der Waals surface area contributed by atoms with E-state index in [4.69, 9.17) is 4.98 Å². The highest BCUT2D eigenvalue weighted by Crippen LogP contribution is 2.26. The molecule has 1 aliphatic rings. The predicted octanol–water partition coefficient (Wildman–Crippen LogP) is 3.94. The molecule has 0 aromatic carbocycles. The van der Waals surface area contributed by atoms with Gasteiger partial charge < -0.3 is 10.2 Å². The standard InChI is InChI=1S/C18H31N3/c1-13(2)11-19-12-16-9-17(14(3)4)20-18(10-16)21-8-6-7-15(21)5/h9-10,13-15,19H,6-8,11-12H2,1-5H3. The van der Waals surface area contributed by atoms with Crippen LogP contribution in [0.5, 0.6) is 0 Å². The molecule has 1 fully saturated rings. The average molecular weight is 289 g/mol. The van der Waals surface area contributed by atoms with Gasteiger partial charge in [-0.05, 0) is 55.8 Å². The third kappa shape index (κ3) is 4.44. The van der Waals surface area contributed by atoms with Crippen LogP contribution in [0.1, 0.15) is 64.6 Å². The number of hydrogen-bond donors (Lipinski definition) is 1. The molecular weight excluding hydrogens is 258 g/mol. The van der Waals surface area contributed by atoms with Gasteiger partial charge in [-0.1, -0.05) is 27.7 Å². The largest absolute Gasteiger partial charge is 0.354 e. The van der Waals surface area contributed by atoms with E-state index in [-0.39, 0.29) is 0 Å². The number of anilines is 1. The molecule has 1 aromatic heterocycles. The Bertz CT molecular complexity index is 454. The Morgan fingerprint density at radius 2 is 2.05 bits per heavy atom. The minimum Gasteiger partial charge on any atom is -0.354 e. The van der Waals surface area contributed by atoms with Gasteiger partial charge in [0.2, 0.25) is 0 Å². The highest BCUT2D eigenvalue weighted by molar-refractivity contribution is 5.45. The van der Waals surface area contributed by atoms with Crippen molar-refractivity contribution in [3.05, 3.63) is 23.4 Å². The molecule has 1 unspecified atom stereocenters. The molecule has 0 spiro atoms. The van der Waals surface area contributed by atoms with E-state index in [1.54, 1.807) is 0 Å². The number of nitrogens with zero attached hydrogens (tertiary/aromatic N) is 2. The van der Waals surface area contributed by atoms with E-state index in [0.717, 1.165) is 19.6 Å². The van der Waals surface area contributed by atoms with E-state index in [1.807, 2.05) is 0 Å². The molecule has 21 heavy (non-hydrogen) atoms. The Kier molecular flexibility index (Phi) is 5.63. The summed E-state index contributed by atoms with van der Waals surface area (Å²) in [4.78, 5) is 7.38. The number of rotatable bonds is 6. The third-order valence-corrected chi connectivity index (χ3v) is 4.21. The summed E-state index contributed by atoms with van der Waals surface area (Å²) in [5.41, 5.74) is 2.58. The fourth-order valence-electron chi connectivity index (χ4n) is 2.92. The predicted molar refractivity (Wildman–Crippen MR) is 90.9 cm³/mol. The summed E-state index contributed by atoms with van der Waals surface area (Å²) in [5, 5.41) is 3.55. The monoisotopic (exact) mass is 289 g/mol.